The SMILES string of the molecule is C/C(=N\OCCN)c1ccc2nnn(Cc3ccc4ncccc4c3)c2n1. The van der Waals surface area contributed by atoms with Gasteiger partial charge in [-0.1, -0.05) is 22.5 Å². The molecule has 0 fully saturated rings. The summed E-state index contributed by atoms with van der Waals surface area (Å²) in [7, 11) is 0. The van der Waals surface area contributed by atoms with Crippen LogP contribution in [0.4, 0.5) is 0 Å². The van der Waals surface area contributed by atoms with E-state index in [1.165, 1.54) is 0 Å². The Hall–Kier alpha value is -3.39. The zero-order valence-electron chi connectivity index (χ0n) is 14.9. The lowest BCUT2D eigenvalue weighted by Crippen LogP contribution is -2.08. The molecule has 0 aliphatic heterocycles. The molecule has 1 aromatic carbocycles. The minimum Gasteiger partial charge on any atom is -0.394 e. The molecule has 3 heterocycles. The Bertz CT molecular complexity index is 1120. The van der Waals surface area contributed by atoms with Crippen LogP contribution in [0.1, 0.15) is 18.2 Å². The number of nitrogens with zero attached hydrogens (tertiary/aromatic N) is 6. The van der Waals surface area contributed by atoms with Crippen LogP contribution in [0.2, 0.25) is 0 Å². The number of benzene rings is 1. The first-order chi connectivity index (χ1) is 13.2. The summed E-state index contributed by atoms with van der Waals surface area (Å²) in [6, 6.07) is 13.9. The van der Waals surface area contributed by atoms with Gasteiger partial charge in [0.25, 0.3) is 0 Å². The van der Waals surface area contributed by atoms with E-state index in [0.29, 0.717) is 36.7 Å². The van der Waals surface area contributed by atoms with Crippen LogP contribution < -0.4 is 5.73 Å². The van der Waals surface area contributed by atoms with Gasteiger partial charge in [0.1, 0.15) is 17.8 Å². The molecule has 0 saturated heterocycles. The summed E-state index contributed by atoms with van der Waals surface area (Å²) < 4.78 is 1.78. The maximum absolute atomic E-state index is 5.41. The summed E-state index contributed by atoms with van der Waals surface area (Å²) in [5.41, 5.74) is 10.3. The predicted molar refractivity (Wildman–Crippen MR) is 103 cm³/mol. The van der Waals surface area contributed by atoms with Crippen molar-refractivity contribution in [2.75, 3.05) is 13.2 Å². The van der Waals surface area contributed by atoms with E-state index in [4.69, 9.17) is 10.6 Å². The average molecular weight is 361 g/mol. The van der Waals surface area contributed by atoms with Crippen molar-refractivity contribution >= 4 is 27.8 Å². The van der Waals surface area contributed by atoms with Gasteiger partial charge < -0.3 is 10.6 Å². The second kappa shape index (κ2) is 7.46. The van der Waals surface area contributed by atoms with Crippen molar-refractivity contribution in [3.05, 3.63) is 59.9 Å². The molecule has 0 bridgehead atoms. The molecule has 0 amide bonds. The van der Waals surface area contributed by atoms with Gasteiger partial charge in [0, 0.05) is 18.1 Å². The van der Waals surface area contributed by atoms with E-state index in [0.717, 1.165) is 22.0 Å². The van der Waals surface area contributed by atoms with Crippen LogP contribution in [0.15, 0.2) is 53.8 Å². The molecule has 0 atom stereocenters. The van der Waals surface area contributed by atoms with Gasteiger partial charge in [0.05, 0.1) is 17.8 Å². The van der Waals surface area contributed by atoms with E-state index >= 15 is 0 Å². The van der Waals surface area contributed by atoms with E-state index in [9.17, 15) is 0 Å². The molecule has 8 heteroatoms. The fraction of sp³-hybridized carbons (Fsp3) is 0.211. The van der Waals surface area contributed by atoms with Gasteiger partial charge in [0.2, 0.25) is 0 Å². The monoisotopic (exact) mass is 361 g/mol. The van der Waals surface area contributed by atoms with E-state index in [2.05, 4.69) is 31.5 Å². The van der Waals surface area contributed by atoms with Crippen molar-refractivity contribution in [2.24, 2.45) is 10.9 Å². The van der Waals surface area contributed by atoms with Gasteiger partial charge in [0.15, 0.2) is 5.65 Å². The Morgan fingerprint density at radius 3 is 2.96 bits per heavy atom. The molecular weight excluding hydrogens is 342 g/mol. The first-order valence-corrected chi connectivity index (χ1v) is 8.65. The fourth-order valence-electron chi connectivity index (χ4n) is 2.80. The van der Waals surface area contributed by atoms with E-state index in [-0.39, 0.29) is 0 Å². The zero-order valence-corrected chi connectivity index (χ0v) is 14.9. The number of fused-ring (bicyclic) bond motifs is 2. The van der Waals surface area contributed by atoms with Crippen molar-refractivity contribution in [2.45, 2.75) is 13.5 Å². The average Bonchev–Trinajstić information content (AvgIpc) is 3.10. The van der Waals surface area contributed by atoms with Crippen molar-refractivity contribution in [1.82, 2.24) is 25.0 Å². The van der Waals surface area contributed by atoms with Crippen molar-refractivity contribution in [3.8, 4) is 0 Å². The normalized spacial score (nSPS) is 12.0. The molecule has 27 heavy (non-hydrogen) atoms. The maximum atomic E-state index is 5.41. The van der Waals surface area contributed by atoms with Crippen LogP contribution in [0.5, 0.6) is 0 Å². The Balaban J connectivity index is 1.65. The van der Waals surface area contributed by atoms with Crippen LogP contribution >= 0.6 is 0 Å². The quantitative estimate of drug-likeness (QED) is 0.320. The maximum Gasteiger partial charge on any atom is 0.179 e. The van der Waals surface area contributed by atoms with Crippen LogP contribution in [-0.4, -0.2) is 43.8 Å². The summed E-state index contributed by atoms with van der Waals surface area (Å²) in [5.74, 6) is 0. The molecule has 4 aromatic rings. The first-order valence-electron chi connectivity index (χ1n) is 8.65. The van der Waals surface area contributed by atoms with Crippen molar-refractivity contribution in [1.29, 1.82) is 0 Å². The molecule has 8 nitrogen and oxygen atoms in total. The molecule has 3 aromatic heterocycles. The van der Waals surface area contributed by atoms with Gasteiger partial charge in [-0.05, 0) is 42.8 Å². The second-order valence-corrected chi connectivity index (χ2v) is 6.12. The third-order valence-electron chi connectivity index (χ3n) is 4.14. The van der Waals surface area contributed by atoms with Crippen LogP contribution in [0.3, 0.4) is 0 Å². The lowest BCUT2D eigenvalue weighted by atomic mass is 10.1. The fourth-order valence-corrected chi connectivity index (χ4v) is 2.80. The molecule has 0 spiro atoms. The zero-order chi connectivity index (χ0) is 18.6. The predicted octanol–water partition coefficient (Wildman–Crippen LogP) is 2.12. The number of aromatic nitrogens is 5. The topological polar surface area (TPSA) is 104 Å². The highest BCUT2D eigenvalue weighted by molar-refractivity contribution is 5.97. The van der Waals surface area contributed by atoms with Crippen molar-refractivity contribution < 1.29 is 4.84 Å². The Kier molecular flexibility index (Phi) is 4.71. The van der Waals surface area contributed by atoms with Gasteiger partial charge in [-0.15, -0.1) is 5.10 Å². The summed E-state index contributed by atoms with van der Waals surface area (Å²) in [6.07, 6.45) is 1.79. The lowest BCUT2D eigenvalue weighted by Gasteiger charge is -2.05. The molecule has 0 aliphatic rings. The Morgan fingerprint density at radius 1 is 1.19 bits per heavy atom. The highest BCUT2D eigenvalue weighted by Gasteiger charge is 2.10. The van der Waals surface area contributed by atoms with Crippen LogP contribution in [0, 0.1) is 0 Å². The second-order valence-electron chi connectivity index (χ2n) is 6.12. The van der Waals surface area contributed by atoms with Gasteiger partial charge >= 0.3 is 0 Å². The molecule has 2 N–H and O–H groups in total. The molecular formula is C19H19N7O. The number of pyridine rings is 2. The Morgan fingerprint density at radius 2 is 2.07 bits per heavy atom. The lowest BCUT2D eigenvalue weighted by molar-refractivity contribution is 0.152. The third kappa shape index (κ3) is 3.61. The van der Waals surface area contributed by atoms with Crippen molar-refractivity contribution in [3.63, 3.8) is 0 Å². The van der Waals surface area contributed by atoms with Gasteiger partial charge in [-0.3, -0.25) is 4.98 Å². The van der Waals surface area contributed by atoms with Crippen LogP contribution in [0.25, 0.3) is 22.1 Å². The molecule has 0 unspecified atom stereocenters. The third-order valence-corrected chi connectivity index (χ3v) is 4.14. The van der Waals surface area contributed by atoms with E-state index < -0.39 is 0 Å². The number of hydrogen-bond donors (Lipinski definition) is 1. The Labute approximate surface area is 155 Å². The smallest absolute Gasteiger partial charge is 0.179 e. The summed E-state index contributed by atoms with van der Waals surface area (Å²) in [6.45, 7) is 3.20. The summed E-state index contributed by atoms with van der Waals surface area (Å²) in [4.78, 5) is 14.1. The number of nitrogens with two attached hydrogens (primary N) is 1. The molecule has 4 rings (SSSR count). The standard InChI is InChI=1S/C19H19N7O/c1-13(24-27-10-8-20)16-6-7-18-19(22-16)26(25-23-18)12-14-4-5-17-15(11-14)3-2-9-21-17/h2-7,9,11H,8,10,12,20H2,1H3/b24-13+. The first kappa shape index (κ1) is 17.0. The van der Waals surface area contributed by atoms with Crippen LogP contribution in [-0.2, 0) is 11.4 Å². The largest absolute Gasteiger partial charge is 0.394 e. The summed E-state index contributed by atoms with van der Waals surface area (Å²) in [5, 5.41) is 13.6. The van der Waals surface area contributed by atoms with E-state index in [1.807, 2.05) is 43.3 Å². The minimum absolute atomic E-state index is 0.371. The summed E-state index contributed by atoms with van der Waals surface area (Å²) >= 11 is 0. The number of rotatable bonds is 6. The molecule has 0 saturated carbocycles. The number of hydrogen-bond acceptors (Lipinski definition) is 7. The van der Waals surface area contributed by atoms with Gasteiger partial charge in [-0.2, -0.15) is 0 Å². The molecule has 0 aliphatic carbocycles. The molecule has 0 radical (unpaired) electrons. The highest BCUT2D eigenvalue weighted by Crippen LogP contribution is 2.16. The van der Waals surface area contributed by atoms with Gasteiger partial charge in [-0.25, -0.2) is 9.67 Å². The highest BCUT2D eigenvalue weighted by atomic mass is 16.6. The van der Waals surface area contributed by atoms with E-state index in [1.54, 1.807) is 10.9 Å². The minimum atomic E-state index is 0.371. The molecule has 136 valence electrons. The number of oxime groups is 1.